The van der Waals surface area contributed by atoms with Crippen LogP contribution < -0.4 is 5.73 Å². The van der Waals surface area contributed by atoms with Crippen molar-refractivity contribution in [2.45, 2.75) is 13.0 Å². The number of carbonyl (C=O) groups excluding carboxylic acids is 1. The van der Waals surface area contributed by atoms with E-state index in [0.29, 0.717) is 0 Å². The summed E-state index contributed by atoms with van der Waals surface area (Å²) in [4.78, 5) is 20.5. The van der Waals surface area contributed by atoms with Crippen LogP contribution in [0.25, 0.3) is 0 Å². The van der Waals surface area contributed by atoms with E-state index in [1.54, 1.807) is 0 Å². The van der Waals surface area contributed by atoms with Gasteiger partial charge >= 0.3 is 5.97 Å². The van der Waals surface area contributed by atoms with Gasteiger partial charge in [-0.15, -0.1) is 0 Å². The van der Waals surface area contributed by atoms with Crippen molar-refractivity contribution in [1.82, 2.24) is 0 Å². The number of rotatable bonds is 3. The summed E-state index contributed by atoms with van der Waals surface area (Å²) < 4.78 is 0. The van der Waals surface area contributed by atoms with Gasteiger partial charge in [-0.25, -0.2) is 0 Å². The zero-order valence-electron chi connectivity index (χ0n) is 5.53. The van der Waals surface area contributed by atoms with Gasteiger partial charge in [0.1, 0.15) is 0 Å². The summed E-state index contributed by atoms with van der Waals surface area (Å²) in [6, 6.07) is -0.579. The van der Waals surface area contributed by atoms with Crippen molar-refractivity contribution in [3.63, 3.8) is 0 Å². The molecule has 10 heavy (non-hydrogen) atoms. The van der Waals surface area contributed by atoms with Crippen LogP contribution >= 0.6 is 11.8 Å². The number of nitrogens with two attached hydrogens (primary N) is 1. The molecule has 4 nitrogen and oxygen atoms in total. The molecule has 0 spiro atoms. The molecule has 0 saturated heterocycles. The molecule has 0 aromatic rings. The van der Waals surface area contributed by atoms with E-state index in [4.69, 9.17) is 10.8 Å². The van der Waals surface area contributed by atoms with Gasteiger partial charge in [0.05, 0.1) is 11.8 Å². The number of hydrogen-bond donors (Lipinski definition) is 2. The first-order valence-electron chi connectivity index (χ1n) is 2.68. The third kappa shape index (κ3) is 4.34. The van der Waals surface area contributed by atoms with E-state index in [9.17, 15) is 9.59 Å². The molecule has 0 aromatic heterocycles. The fourth-order valence-electron chi connectivity index (χ4n) is 0.264. The van der Waals surface area contributed by atoms with Crippen molar-refractivity contribution in [2.24, 2.45) is 5.73 Å². The van der Waals surface area contributed by atoms with Crippen molar-refractivity contribution in [2.75, 3.05) is 5.75 Å². The molecule has 0 radical (unpaired) electrons. The van der Waals surface area contributed by atoms with E-state index in [-0.39, 0.29) is 10.9 Å². The lowest BCUT2D eigenvalue weighted by Gasteiger charge is -1.99. The number of thioether (sulfide) groups is 1. The van der Waals surface area contributed by atoms with E-state index in [0.717, 1.165) is 11.8 Å². The summed E-state index contributed by atoms with van der Waals surface area (Å²) in [5.74, 6) is -1.21. The highest BCUT2D eigenvalue weighted by Crippen LogP contribution is 2.02. The van der Waals surface area contributed by atoms with Crippen molar-refractivity contribution in [3.05, 3.63) is 0 Å². The minimum atomic E-state index is -1.00. The summed E-state index contributed by atoms with van der Waals surface area (Å²) in [7, 11) is 0. The monoisotopic (exact) mass is 163 g/mol. The van der Waals surface area contributed by atoms with Crippen LogP contribution in [0.2, 0.25) is 0 Å². The fourth-order valence-corrected chi connectivity index (χ4v) is 0.793. The van der Waals surface area contributed by atoms with Gasteiger partial charge in [-0.2, -0.15) is 0 Å². The molecule has 0 aliphatic carbocycles. The first kappa shape index (κ1) is 9.45. The maximum absolute atomic E-state index is 10.6. The third-order valence-corrected chi connectivity index (χ3v) is 1.76. The summed E-state index contributed by atoms with van der Waals surface area (Å²) >= 11 is 0.729. The Kier molecular flexibility index (Phi) is 4.06. The predicted octanol–water partition coefficient (Wildman–Crippen LogP) is -0.322. The van der Waals surface area contributed by atoms with Gasteiger partial charge in [-0.3, -0.25) is 9.59 Å². The summed E-state index contributed by atoms with van der Waals surface area (Å²) in [5.41, 5.74) is 5.16. The zero-order valence-corrected chi connectivity index (χ0v) is 6.35. The lowest BCUT2D eigenvalue weighted by atomic mass is 10.4. The average Bonchev–Trinajstić information content (AvgIpc) is 1.82. The SMILES string of the molecule is C[C@@H](N)C(=O)SCC(=O)O. The topological polar surface area (TPSA) is 80.4 Å². The first-order chi connectivity index (χ1) is 4.54. The number of carboxylic acids is 1. The summed E-state index contributed by atoms with van der Waals surface area (Å²) in [6.45, 7) is 1.52. The molecule has 0 saturated carbocycles. The Hall–Kier alpha value is -0.550. The Balaban J connectivity index is 3.50. The molecule has 0 unspecified atom stereocenters. The third-order valence-electron chi connectivity index (χ3n) is 0.710. The van der Waals surface area contributed by atoms with Crippen LogP contribution in [-0.4, -0.2) is 28.0 Å². The van der Waals surface area contributed by atoms with Crippen molar-refractivity contribution in [3.8, 4) is 0 Å². The predicted molar refractivity (Wildman–Crippen MR) is 38.8 cm³/mol. The molecule has 0 amide bonds. The Labute approximate surface area is 62.8 Å². The molecule has 0 rings (SSSR count). The second kappa shape index (κ2) is 4.29. The highest BCUT2D eigenvalue weighted by atomic mass is 32.2. The van der Waals surface area contributed by atoms with Crippen molar-refractivity contribution >= 4 is 22.8 Å². The lowest BCUT2D eigenvalue weighted by Crippen LogP contribution is -2.24. The second-order valence-corrected chi connectivity index (χ2v) is 2.77. The maximum atomic E-state index is 10.6. The molecule has 0 fully saturated rings. The van der Waals surface area contributed by atoms with Crippen LogP contribution in [0.1, 0.15) is 6.92 Å². The van der Waals surface area contributed by atoms with Gasteiger partial charge in [0.2, 0.25) is 5.12 Å². The van der Waals surface area contributed by atoms with Crippen LogP contribution in [0.3, 0.4) is 0 Å². The summed E-state index contributed by atoms with van der Waals surface area (Å²) in [5, 5.41) is 7.84. The van der Waals surface area contributed by atoms with Crippen LogP contribution in [0.15, 0.2) is 0 Å². The highest BCUT2D eigenvalue weighted by Gasteiger charge is 2.09. The Morgan fingerprint density at radius 1 is 1.70 bits per heavy atom. The second-order valence-electron chi connectivity index (χ2n) is 1.79. The molecule has 0 aromatic carbocycles. The largest absolute Gasteiger partial charge is 0.481 e. The van der Waals surface area contributed by atoms with Gasteiger partial charge in [-0.1, -0.05) is 11.8 Å². The summed E-state index contributed by atoms with van der Waals surface area (Å²) in [6.07, 6.45) is 0. The smallest absolute Gasteiger partial charge is 0.313 e. The van der Waals surface area contributed by atoms with E-state index < -0.39 is 12.0 Å². The molecule has 58 valence electrons. The first-order valence-corrected chi connectivity index (χ1v) is 3.66. The number of aliphatic carboxylic acids is 1. The standard InChI is InChI=1S/C5H9NO3S/c1-3(6)5(9)10-2-4(7)8/h3H,2,6H2,1H3,(H,7,8)/t3-/m1/s1. The molecular weight excluding hydrogens is 154 g/mol. The molecule has 1 atom stereocenters. The van der Waals surface area contributed by atoms with Gasteiger partial charge in [0.25, 0.3) is 0 Å². The van der Waals surface area contributed by atoms with Gasteiger partial charge in [0.15, 0.2) is 0 Å². The zero-order chi connectivity index (χ0) is 8.15. The van der Waals surface area contributed by atoms with Gasteiger partial charge in [-0.05, 0) is 6.92 Å². The Bertz CT molecular complexity index is 146. The van der Waals surface area contributed by atoms with Crippen LogP contribution in [0.4, 0.5) is 0 Å². The Morgan fingerprint density at radius 3 is 2.50 bits per heavy atom. The highest BCUT2D eigenvalue weighted by molar-refractivity contribution is 8.14. The minimum absolute atomic E-state index is 0.208. The molecule has 0 aliphatic rings. The van der Waals surface area contributed by atoms with Crippen molar-refractivity contribution < 1.29 is 14.7 Å². The maximum Gasteiger partial charge on any atom is 0.313 e. The molecule has 5 heteroatoms. The Morgan fingerprint density at radius 2 is 2.20 bits per heavy atom. The number of carboxylic acid groups (broad SMARTS) is 1. The van der Waals surface area contributed by atoms with E-state index >= 15 is 0 Å². The molecule has 0 aliphatic heterocycles. The van der Waals surface area contributed by atoms with Gasteiger partial charge in [0, 0.05) is 0 Å². The fraction of sp³-hybridized carbons (Fsp3) is 0.600. The quantitative estimate of drug-likeness (QED) is 0.596. The van der Waals surface area contributed by atoms with Crippen LogP contribution in [-0.2, 0) is 9.59 Å². The van der Waals surface area contributed by atoms with Crippen LogP contribution in [0.5, 0.6) is 0 Å². The number of carbonyl (C=O) groups is 2. The molecule has 0 bridgehead atoms. The molecule has 3 N–H and O–H groups in total. The molecule has 0 heterocycles. The van der Waals surface area contributed by atoms with E-state index in [1.165, 1.54) is 6.92 Å². The van der Waals surface area contributed by atoms with Crippen LogP contribution in [0, 0.1) is 0 Å². The van der Waals surface area contributed by atoms with Crippen molar-refractivity contribution in [1.29, 1.82) is 0 Å². The van der Waals surface area contributed by atoms with E-state index in [1.807, 2.05) is 0 Å². The van der Waals surface area contributed by atoms with Gasteiger partial charge < -0.3 is 10.8 Å². The average molecular weight is 163 g/mol. The normalized spacial score (nSPS) is 12.6. The molecular formula is C5H9NO3S. The number of hydrogen-bond acceptors (Lipinski definition) is 4. The lowest BCUT2D eigenvalue weighted by molar-refractivity contribution is -0.134. The minimum Gasteiger partial charge on any atom is -0.481 e. The van der Waals surface area contributed by atoms with E-state index in [2.05, 4.69) is 0 Å².